The second-order valence-corrected chi connectivity index (χ2v) is 7.70. The van der Waals surface area contributed by atoms with Crippen molar-refractivity contribution in [1.82, 2.24) is 14.6 Å². The number of nitriles is 1. The molecule has 8 heteroatoms. The molecule has 2 aromatic rings. The van der Waals surface area contributed by atoms with E-state index in [0.29, 0.717) is 35.0 Å². The molecule has 4 atom stereocenters. The molecule has 0 amide bonds. The Morgan fingerprint density at radius 3 is 2.77 bits per heavy atom. The van der Waals surface area contributed by atoms with Crippen molar-refractivity contribution < 1.29 is 9.90 Å². The Balaban J connectivity index is 1.49. The maximum absolute atomic E-state index is 11.0. The van der Waals surface area contributed by atoms with Crippen molar-refractivity contribution in [2.24, 2.45) is 17.8 Å². The van der Waals surface area contributed by atoms with E-state index in [-0.39, 0.29) is 6.42 Å². The predicted octanol–water partition coefficient (Wildman–Crippen LogP) is 1.36. The highest BCUT2D eigenvalue weighted by molar-refractivity contribution is 5.68. The van der Waals surface area contributed by atoms with Crippen molar-refractivity contribution in [2.75, 3.05) is 29.4 Å². The fourth-order valence-electron chi connectivity index (χ4n) is 4.58. The Kier molecular flexibility index (Phi) is 3.17. The molecule has 0 bridgehead atoms. The molecule has 4 heterocycles. The van der Waals surface area contributed by atoms with Crippen LogP contribution in [0.2, 0.25) is 0 Å². The SMILES string of the molecule is C[C@H]1CCN1c1cc(N2C[C@@H]3C(CC(=O)O)[C@@H]3C2)n2ncc(C#N)c2n1. The normalized spacial score (nSPS) is 29.4. The first kappa shape index (κ1) is 15.4. The molecule has 1 aliphatic carbocycles. The van der Waals surface area contributed by atoms with Crippen LogP contribution in [0.15, 0.2) is 12.3 Å². The number of carboxylic acid groups (broad SMARTS) is 1. The van der Waals surface area contributed by atoms with Crippen molar-refractivity contribution in [1.29, 1.82) is 5.26 Å². The van der Waals surface area contributed by atoms with Gasteiger partial charge in [0.2, 0.25) is 0 Å². The summed E-state index contributed by atoms with van der Waals surface area (Å²) >= 11 is 0. The lowest BCUT2D eigenvalue weighted by Crippen LogP contribution is -2.46. The van der Waals surface area contributed by atoms with Crippen molar-refractivity contribution >= 4 is 23.3 Å². The highest BCUT2D eigenvalue weighted by Gasteiger charge is 2.56. The van der Waals surface area contributed by atoms with Crippen LogP contribution in [0.5, 0.6) is 0 Å². The third kappa shape index (κ3) is 2.16. The summed E-state index contributed by atoms with van der Waals surface area (Å²) in [5.41, 5.74) is 1.08. The Labute approximate surface area is 150 Å². The predicted molar refractivity (Wildman–Crippen MR) is 94.1 cm³/mol. The maximum atomic E-state index is 11.0. The van der Waals surface area contributed by atoms with E-state index in [4.69, 9.17) is 10.1 Å². The second-order valence-electron chi connectivity index (χ2n) is 7.70. The molecule has 26 heavy (non-hydrogen) atoms. The molecular formula is C18H20N6O2. The van der Waals surface area contributed by atoms with Gasteiger partial charge in [-0.3, -0.25) is 4.79 Å². The number of piperidine rings is 1. The molecule has 1 unspecified atom stereocenters. The fraction of sp³-hybridized carbons (Fsp3) is 0.556. The number of fused-ring (bicyclic) bond motifs is 2. The molecular weight excluding hydrogens is 332 g/mol. The summed E-state index contributed by atoms with van der Waals surface area (Å²) < 4.78 is 1.75. The van der Waals surface area contributed by atoms with Crippen LogP contribution in [-0.4, -0.2) is 51.4 Å². The summed E-state index contributed by atoms with van der Waals surface area (Å²) in [7, 11) is 0. The lowest BCUT2D eigenvalue weighted by atomic mass is 10.1. The molecule has 2 saturated heterocycles. The van der Waals surface area contributed by atoms with Crippen molar-refractivity contribution in [3.05, 3.63) is 17.8 Å². The summed E-state index contributed by atoms with van der Waals surface area (Å²) in [4.78, 5) is 20.2. The fourth-order valence-corrected chi connectivity index (χ4v) is 4.58. The largest absolute Gasteiger partial charge is 0.481 e. The van der Waals surface area contributed by atoms with Gasteiger partial charge < -0.3 is 14.9 Å². The van der Waals surface area contributed by atoms with Crippen LogP contribution >= 0.6 is 0 Å². The number of anilines is 2. The number of carbonyl (C=O) groups is 1. The van der Waals surface area contributed by atoms with Crippen LogP contribution in [0, 0.1) is 29.1 Å². The Bertz CT molecular complexity index is 935. The minimum atomic E-state index is -0.706. The van der Waals surface area contributed by atoms with Crippen molar-refractivity contribution in [2.45, 2.75) is 25.8 Å². The van der Waals surface area contributed by atoms with Gasteiger partial charge >= 0.3 is 5.97 Å². The zero-order valence-electron chi connectivity index (χ0n) is 14.5. The van der Waals surface area contributed by atoms with Gasteiger partial charge in [0.15, 0.2) is 5.65 Å². The van der Waals surface area contributed by atoms with Gasteiger partial charge in [0, 0.05) is 38.2 Å². The highest BCUT2D eigenvalue weighted by atomic mass is 16.4. The maximum Gasteiger partial charge on any atom is 0.303 e. The third-order valence-electron chi connectivity index (χ3n) is 6.28. The van der Waals surface area contributed by atoms with E-state index >= 15 is 0 Å². The van der Waals surface area contributed by atoms with Crippen LogP contribution in [0.25, 0.3) is 5.65 Å². The van der Waals surface area contributed by atoms with E-state index in [9.17, 15) is 10.1 Å². The van der Waals surface area contributed by atoms with Crippen LogP contribution in [-0.2, 0) is 4.79 Å². The topological polar surface area (TPSA) is 97.8 Å². The first-order chi connectivity index (χ1) is 12.6. The molecule has 1 N–H and O–H groups in total. The monoisotopic (exact) mass is 352 g/mol. The van der Waals surface area contributed by atoms with Crippen LogP contribution < -0.4 is 9.80 Å². The van der Waals surface area contributed by atoms with Crippen molar-refractivity contribution in [3.63, 3.8) is 0 Å². The van der Waals surface area contributed by atoms with Crippen molar-refractivity contribution in [3.8, 4) is 6.07 Å². The Morgan fingerprint density at radius 2 is 2.19 bits per heavy atom. The van der Waals surface area contributed by atoms with E-state index in [1.807, 2.05) is 0 Å². The van der Waals surface area contributed by atoms with E-state index in [2.05, 4.69) is 34.0 Å². The summed E-state index contributed by atoms with van der Waals surface area (Å²) in [6.07, 6.45) is 2.99. The number of aromatic nitrogens is 3. The minimum Gasteiger partial charge on any atom is -0.481 e. The van der Waals surface area contributed by atoms with Gasteiger partial charge in [-0.05, 0) is 31.1 Å². The average Bonchev–Trinajstić information content (AvgIpc) is 2.99. The number of hydrogen-bond donors (Lipinski definition) is 1. The van der Waals surface area contributed by atoms with Gasteiger partial charge in [0.25, 0.3) is 0 Å². The molecule has 2 aliphatic heterocycles. The molecule has 3 fully saturated rings. The van der Waals surface area contributed by atoms with Gasteiger partial charge in [0.1, 0.15) is 23.3 Å². The lowest BCUT2D eigenvalue weighted by Gasteiger charge is -2.40. The quantitative estimate of drug-likeness (QED) is 0.887. The standard InChI is InChI=1S/C18H20N6O2/c1-10-2-3-23(10)15-5-16(24-18(21-15)11(6-19)7-20-24)22-8-13-12(4-17(25)26)14(13)9-22/h5,7,10,12-14H,2-4,8-9H2,1H3,(H,25,26)/t10-,12?,13-,14+/m0/s1. The molecule has 8 nitrogen and oxygen atoms in total. The molecule has 0 aromatic carbocycles. The molecule has 1 saturated carbocycles. The van der Waals surface area contributed by atoms with E-state index < -0.39 is 5.97 Å². The first-order valence-corrected chi connectivity index (χ1v) is 9.09. The molecule has 134 valence electrons. The summed E-state index contributed by atoms with van der Waals surface area (Å²) in [5, 5.41) is 22.8. The van der Waals surface area contributed by atoms with Gasteiger partial charge in [-0.25, -0.2) is 4.98 Å². The summed E-state index contributed by atoms with van der Waals surface area (Å²) in [5.74, 6) is 2.35. The molecule has 5 rings (SSSR count). The molecule has 0 radical (unpaired) electrons. The lowest BCUT2D eigenvalue weighted by molar-refractivity contribution is -0.137. The zero-order valence-corrected chi connectivity index (χ0v) is 14.5. The summed E-state index contributed by atoms with van der Waals surface area (Å²) in [6, 6.07) is 4.70. The Morgan fingerprint density at radius 1 is 1.42 bits per heavy atom. The Hall–Kier alpha value is -2.82. The number of rotatable bonds is 4. The first-order valence-electron chi connectivity index (χ1n) is 9.09. The number of nitrogens with zero attached hydrogens (tertiary/aromatic N) is 6. The smallest absolute Gasteiger partial charge is 0.303 e. The van der Waals surface area contributed by atoms with Crippen LogP contribution in [0.4, 0.5) is 11.6 Å². The summed E-state index contributed by atoms with van der Waals surface area (Å²) in [6.45, 7) is 4.85. The third-order valence-corrected chi connectivity index (χ3v) is 6.28. The average molecular weight is 352 g/mol. The van der Waals surface area contributed by atoms with E-state index in [1.54, 1.807) is 10.7 Å². The van der Waals surface area contributed by atoms with E-state index in [1.165, 1.54) is 0 Å². The van der Waals surface area contributed by atoms with Gasteiger partial charge in [0.05, 0.1) is 6.20 Å². The molecule has 0 spiro atoms. The number of hydrogen-bond acceptors (Lipinski definition) is 6. The molecule has 3 aliphatic rings. The number of carboxylic acids is 1. The number of aliphatic carboxylic acids is 1. The highest BCUT2D eigenvalue weighted by Crippen LogP contribution is 2.54. The minimum absolute atomic E-state index is 0.270. The van der Waals surface area contributed by atoms with E-state index in [0.717, 1.165) is 37.7 Å². The zero-order chi connectivity index (χ0) is 18.0. The second kappa shape index (κ2) is 5.34. The molecule has 2 aromatic heterocycles. The van der Waals surface area contributed by atoms with Gasteiger partial charge in [-0.1, -0.05) is 0 Å². The van der Waals surface area contributed by atoms with Gasteiger partial charge in [-0.15, -0.1) is 0 Å². The van der Waals surface area contributed by atoms with Crippen LogP contribution in [0.3, 0.4) is 0 Å². The van der Waals surface area contributed by atoms with Gasteiger partial charge in [-0.2, -0.15) is 14.9 Å². The van der Waals surface area contributed by atoms with Crippen LogP contribution in [0.1, 0.15) is 25.3 Å².